The lowest BCUT2D eigenvalue weighted by Crippen LogP contribution is -2.22. The van der Waals surface area contributed by atoms with Gasteiger partial charge < -0.3 is 10.1 Å². The van der Waals surface area contributed by atoms with E-state index in [-0.39, 0.29) is 17.4 Å². The lowest BCUT2D eigenvalue weighted by molar-refractivity contribution is -0.118. The van der Waals surface area contributed by atoms with Gasteiger partial charge in [0, 0.05) is 15.2 Å². The van der Waals surface area contributed by atoms with Gasteiger partial charge in [-0.25, -0.2) is 8.42 Å². The zero-order chi connectivity index (χ0) is 24.9. The molecule has 3 rings (SSSR count). The molecule has 0 spiro atoms. The Morgan fingerprint density at radius 3 is 2.18 bits per heavy atom. The zero-order valence-corrected chi connectivity index (χ0v) is 22.3. The quantitative estimate of drug-likeness (QED) is 0.316. The normalized spacial score (nSPS) is 11.2. The van der Waals surface area contributed by atoms with Crippen molar-refractivity contribution in [1.82, 2.24) is 0 Å². The third-order valence-corrected chi connectivity index (χ3v) is 7.48. The number of hydrogen-bond acceptors (Lipinski definition) is 4. The Bertz CT molecular complexity index is 1270. The van der Waals surface area contributed by atoms with Crippen LogP contribution in [0.2, 0.25) is 5.02 Å². The Balaban J connectivity index is 1.64. The van der Waals surface area contributed by atoms with Gasteiger partial charge in [0.2, 0.25) is 0 Å². The third kappa shape index (κ3) is 6.52. The highest BCUT2D eigenvalue weighted by atomic mass is 79.9. The smallest absolute Gasteiger partial charge is 0.262 e. The van der Waals surface area contributed by atoms with Gasteiger partial charge in [-0.1, -0.05) is 47.4 Å². The van der Waals surface area contributed by atoms with Crippen molar-refractivity contribution in [1.29, 1.82) is 0 Å². The van der Waals surface area contributed by atoms with E-state index in [4.69, 9.17) is 16.3 Å². The average molecular weight is 566 g/mol. The van der Waals surface area contributed by atoms with Crippen LogP contribution in [0.3, 0.4) is 0 Å². The Hall–Kier alpha value is -2.55. The van der Waals surface area contributed by atoms with Gasteiger partial charge in [-0.3, -0.25) is 9.52 Å². The maximum absolute atomic E-state index is 12.7. The highest BCUT2D eigenvalue weighted by Crippen LogP contribution is 2.28. The van der Waals surface area contributed by atoms with Crippen LogP contribution in [-0.4, -0.2) is 20.9 Å². The second-order valence-electron chi connectivity index (χ2n) is 7.68. The highest BCUT2D eigenvalue weighted by molar-refractivity contribution is 9.10. The molecule has 0 unspecified atom stereocenters. The van der Waals surface area contributed by atoms with Crippen LogP contribution in [0.15, 0.2) is 64.0 Å². The molecule has 0 heterocycles. The minimum atomic E-state index is -3.80. The second-order valence-corrected chi connectivity index (χ2v) is 10.7. The van der Waals surface area contributed by atoms with Crippen LogP contribution >= 0.6 is 27.5 Å². The molecule has 0 bridgehead atoms. The molecular weight excluding hydrogens is 540 g/mol. The van der Waals surface area contributed by atoms with E-state index >= 15 is 0 Å². The molecule has 9 heteroatoms. The zero-order valence-electron chi connectivity index (χ0n) is 19.1. The first-order chi connectivity index (χ1) is 16.1. The molecule has 0 aromatic heterocycles. The number of amides is 1. The van der Waals surface area contributed by atoms with Crippen molar-refractivity contribution >= 4 is 54.8 Å². The highest BCUT2D eigenvalue weighted by Gasteiger charge is 2.16. The summed E-state index contributed by atoms with van der Waals surface area (Å²) in [6, 6.07) is 14.8. The Morgan fingerprint density at radius 1 is 1.00 bits per heavy atom. The fourth-order valence-corrected chi connectivity index (χ4v) is 5.14. The molecule has 0 radical (unpaired) electrons. The van der Waals surface area contributed by atoms with Crippen LogP contribution in [0.25, 0.3) is 0 Å². The molecule has 0 atom stereocenters. The van der Waals surface area contributed by atoms with Crippen molar-refractivity contribution in [3.8, 4) is 5.75 Å². The molecule has 0 aliphatic rings. The van der Waals surface area contributed by atoms with E-state index in [0.29, 0.717) is 16.5 Å². The molecule has 0 fully saturated rings. The van der Waals surface area contributed by atoms with E-state index in [1.54, 1.807) is 18.2 Å². The molecule has 0 saturated carbocycles. The standard InChI is InChI=1S/C25H26BrClN2O4S/c1-4-17-12-19(26)13-18(5-2)25(17)28-24(30)15-33-21-8-10-22(11-9-21)34(31,32)29-20-7-6-16(3)23(27)14-20/h6-14,29H,4-5,15H2,1-3H3,(H,28,30). The molecule has 6 nitrogen and oxygen atoms in total. The van der Waals surface area contributed by atoms with E-state index < -0.39 is 10.0 Å². The van der Waals surface area contributed by atoms with Gasteiger partial charge in [0.25, 0.3) is 15.9 Å². The van der Waals surface area contributed by atoms with E-state index in [9.17, 15) is 13.2 Å². The Kier molecular flexibility index (Phi) is 8.62. The number of halogens is 2. The molecule has 0 aliphatic carbocycles. The summed E-state index contributed by atoms with van der Waals surface area (Å²) in [5, 5.41) is 3.42. The average Bonchev–Trinajstić information content (AvgIpc) is 2.81. The Labute approximate surface area is 213 Å². The van der Waals surface area contributed by atoms with E-state index in [1.165, 1.54) is 24.3 Å². The lowest BCUT2D eigenvalue weighted by Gasteiger charge is -2.16. The molecule has 3 aromatic rings. The van der Waals surface area contributed by atoms with Crippen molar-refractivity contribution in [2.24, 2.45) is 0 Å². The van der Waals surface area contributed by atoms with E-state index in [0.717, 1.165) is 39.7 Å². The van der Waals surface area contributed by atoms with Crippen LogP contribution in [-0.2, 0) is 27.7 Å². The molecule has 34 heavy (non-hydrogen) atoms. The van der Waals surface area contributed by atoms with Crippen LogP contribution in [0.4, 0.5) is 11.4 Å². The summed E-state index contributed by atoms with van der Waals surface area (Å²) >= 11 is 9.59. The number of hydrogen-bond donors (Lipinski definition) is 2. The summed E-state index contributed by atoms with van der Waals surface area (Å²) in [5.41, 5.74) is 4.11. The van der Waals surface area contributed by atoms with Gasteiger partial charge in [-0.05, 0) is 85.0 Å². The second kappa shape index (κ2) is 11.3. The number of ether oxygens (including phenoxy) is 1. The third-order valence-electron chi connectivity index (χ3n) is 5.22. The predicted octanol–water partition coefficient (Wildman–Crippen LogP) is 6.35. The molecule has 0 aliphatic heterocycles. The lowest BCUT2D eigenvalue weighted by atomic mass is 10.0. The first-order valence-electron chi connectivity index (χ1n) is 10.8. The van der Waals surface area contributed by atoms with Crippen LogP contribution in [0, 0.1) is 6.92 Å². The van der Waals surface area contributed by atoms with Crippen LogP contribution in [0.1, 0.15) is 30.5 Å². The molecule has 2 N–H and O–H groups in total. The van der Waals surface area contributed by atoms with Gasteiger partial charge in [-0.15, -0.1) is 0 Å². The number of rotatable bonds is 9. The first-order valence-corrected chi connectivity index (χ1v) is 13.4. The molecule has 180 valence electrons. The number of carbonyl (C=O) groups excluding carboxylic acids is 1. The number of anilines is 2. The fraction of sp³-hybridized carbons (Fsp3) is 0.240. The SMILES string of the molecule is CCc1cc(Br)cc(CC)c1NC(=O)COc1ccc(S(=O)(=O)Nc2ccc(C)c(Cl)c2)cc1. The maximum atomic E-state index is 12.7. The van der Waals surface area contributed by atoms with Gasteiger partial charge in [0.15, 0.2) is 6.61 Å². The minimum Gasteiger partial charge on any atom is -0.484 e. The van der Waals surface area contributed by atoms with Crippen LogP contribution < -0.4 is 14.8 Å². The first kappa shape index (κ1) is 26.1. The van der Waals surface area contributed by atoms with Crippen molar-refractivity contribution in [3.63, 3.8) is 0 Å². The van der Waals surface area contributed by atoms with Crippen molar-refractivity contribution in [2.45, 2.75) is 38.5 Å². The van der Waals surface area contributed by atoms with Gasteiger partial charge in [0.05, 0.1) is 10.6 Å². The minimum absolute atomic E-state index is 0.0658. The molecule has 3 aromatic carbocycles. The predicted molar refractivity (Wildman–Crippen MR) is 140 cm³/mol. The largest absolute Gasteiger partial charge is 0.484 e. The van der Waals surface area contributed by atoms with Gasteiger partial charge >= 0.3 is 0 Å². The summed E-state index contributed by atoms with van der Waals surface area (Å²) in [5.74, 6) is 0.0936. The molecular formula is C25H26BrClN2O4S. The summed E-state index contributed by atoms with van der Waals surface area (Å²) in [7, 11) is -3.80. The summed E-state index contributed by atoms with van der Waals surface area (Å²) in [6.45, 7) is 5.70. The van der Waals surface area contributed by atoms with Gasteiger partial charge in [-0.2, -0.15) is 0 Å². The summed E-state index contributed by atoms with van der Waals surface area (Å²) in [6.07, 6.45) is 1.56. The summed E-state index contributed by atoms with van der Waals surface area (Å²) < 4.78 is 34.4. The topological polar surface area (TPSA) is 84.5 Å². The number of aryl methyl sites for hydroxylation is 3. The van der Waals surface area contributed by atoms with E-state index in [1.807, 2.05) is 32.9 Å². The molecule has 0 saturated heterocycles. The van der Waals surface area contributed by atoms with Crippen molar-refractivity contribution in [3.05, 3.63) is 80.8 Å². The van der Waals surface area contributed by atoms with E-state index in [2.05, 4.69) is 26.0 Å². The van der Waals surface area contributed by atoms with Gasteiger partial charge in [0.1, 0.15) is 5.75 Å². The monoisotopic (exact) mass is 564 g/mol. The number of benzene rings is 3. The number of nitrogens with one attached hydrogen (secondary N) is 2. The molecule has 1 amide bonds. The number of sulfonamides is 1. The fourth-order valence-electron chi connectivity index (χ4n) is 3.35. The summed E-state index contributed by atoms with van der Waals surface area (Å²) in [4.78, 5) is 12.6. The maximum Gasteiger partial charge on any atom is 0.262 e. The Morgan fingerprint density at radius 2 is 1.62 bits per heavy atom. The number of carbonyl (C=O) groups is 1. The van der Waals surface area contributed by atoms with Crippen LogP contribution in [0.5, 0.6) is 5.75 Å². The van der Waals surface area contributed by atoms with Crippen molar-refractivity contribution < 1.29 is 17.9 Å². The van der Waals surface area contributed by atoms with Crippen molar-refractivity contribution in [2.75, 3.05) is 16.6 Å².